The van der Waals surface area contributed by atoms with E-state index >= 15 is 0 Å². The Kier molecular flexibility index (Phi) is 4.06. The fourth-order valence-electron chi connectivity index (χ4n) is 2.62. The average molecular weight is 233 g/mol. The standard InChI is InChI=1S/C15H23NO/c1-4-5-10-17-13(3)16-12(2)11-14-8-6-7-9-15(14)16/h6-9,12-13H,4-5,10-11H2,1-3H3. The van der Waals surface area contributed by atoms with Crippen LogP contribution in [-0.2, 0) is 11.2 Å². The molecule has 1 aromatic rings. The monoisotopic (exact) mass is 233 g/mol. The van der Waals surface area contributed by atoms with Crippen molar-refractivity contribution < 1.29 is 4.74 Å². The molecule has 1 aromatic carbocycles. The molecule has 94 valence electrons. The number of para-hydroxylation sites is 1. The first-order chi connectivity index (χ1) is 8.24. The van der Waals surface area contributed by atoms with Gasteiger partial charge in [-0.15, -0.1) is 0 Å². The summed E-state index contributed by atoms with van der Waals surface area (Å²) in [4.78, 5) is 2.41. The third kappa shape index (κ3) is 2.63. The van der Waals surface area contributed by atoms with Gasteiger partial charge in [-0.25, -0.2) is 0 Å². The minimum Gasteiger partial charge on any atom is -0.359 e. The summed E-state index contributed by atoms with van der Waals surface area (Å²) in [5, 5.41) is 0. The largest absolute Gasteiger partial charge is 0.359 e. The number of unbranched alkanes of at least 4 members (excludes halogenated alkanes) is 1. The molecule has 0 bridgehead atoms. The molecule has 0 saturated carbocycles. The summed E-state index contributed by atoms with van der Waals surface area (Å²) in [5.41, 5.74) is 2.80. The molecule has 0 radical (unpaired) electrons. The summed E-state index contributed by atoms with van der Waals surface area (Å²) in [7, 11) is 0. The Hall–Kier alpha value is -1.02. The molecule has 2 unspecified atom stereocenters. The van der Waals surface area contributed by atoms with Gasteiger partial charge in [-0.2, -0.15) is 0 Å². The molecule has 0 aromatic heterocycles. The highest BCUT2D eigenvalue weighted by atomic mass is 16.5. The highest BCUT2D eigenvalue weighted by molar-refractivity contribution is 5.59. The molecule has 17 heavy (non-hydrogen) atoms. The number of ether oxygens (including phenoxy) is 1. The first kappa shape index (κ1) is 12.4. The number of hydrogen-bond donors (Lipinski definition) is 0. The molecule has 2 rings (SSSR count). The molecule has 2 atom stereocenters. The Morgan fingerprint density at radius 3 is 2.94 bits per heavy atom. The van der Waals surface area contributed by atoms with Crippen molar-refractivity contribution in [2.75, 3.05) is 11.5 Å². The second-order valence-corrected chi connectivity index (χ2v) is 4.91. The predicted octanol–water partition coefficient (Wildman–Crippen LogP) is 3.60. The number of benzene rings is 1. The topological polar surface area (TPSA) is 12.5 Å². The summed E-state index contributed by atoms with van der Waals surface area (Å²) in [5.74, 6) is 0. The van der Waals surface area contributed by atoms with E-state index in [1.54, 1.807) is 0 Å². The van der Waals surface area contributed by atoms with Crippen LogP contribution in [0.5, 0.6) is 0 Å². The van der Waals surface area contributed by atoms with Crippen molar-refractivity contribution in [3.8, 4) is 0 Å². The molecule has 0 N–H and O–H groups in total. The zero-order valence-corrected chi connectivity index (χ0v) is 11.1. The molecule has 0 spiro atoms. The van der Waals surface area contributed by atoms with Crippen molar-refractivity contribution in [1.82, 2.24) is 0 Å². The van der Waals surface area contributed by atoms with Gasteiger partial charge < -0.3 is 9.64 Å². The molecule has 0 fully saturated rings. The third-order valence-electron chi connectivity index (χ3n) is 3.51. The predicted molar refractivity (Wildman–Crippen MR) is 72.4 cm³/mol. The van der Waals surface area contributed by atoms with Crippen LogP contribution in [0.15, 0.2) is 24.3 Å². The summed E-state index contributed by atoms with van der Waals surface area (Å²) < 4.78 is 5.92. The Morgan fingerprint density at radius 1 is 1.41 bits per heavy atom. The zero-order chi connectivity index (χ0) is 12.3. The maximum Gasteiger partial charge on any atom is 0.127 e. The Labute approximate surface area is 105 Å². The van der Waals surface area contributed by atoms with Gasteiger partial charge in [0.1, 0.15) is 6.23 Å². The van der Waals surface area contributed by atoms with E-state index in [-0.39, 0.29) is 6.23 Å². The van der Waals surface area contributed by atoms with Crippen LogP contribution >= 0.6 is 0 Å². The fourth-order valence-corrected chi connectivity index (χ4v) is 2.62. The van der Waals surface area contributed by atoms with Gasteiger partial charge in [0.05, 0.1) is 0 Å². The number of anilines is 1. The van der Waals surface area contributed by atoms with E-state index < -0.39 is 0 Å². The smallest absolute Gasteiger partial charge is 0.127 e. The van der Waals surface area contributed by atoms with E-state index in [9.17, 15) is 0 Å². The van der Waals surface area contributed by atoms with Crippen LogP contribution in [0.4, 0.5) is 5.69 Å². The van der Waals surface area contributed by atoms with Gasteiger partial charge >= 0.3 is 0 Å². The minimum atomic E-state index is 0.181. The maximum atomic E-state index is 5.92. The summed E-state index contributed by atoms with van der Waals surface area (Å²) in [6, 6.07) is 9.22. The fraction of sp³-hybridized carbons (Fsp3) is 0.600. The van der Waals surface area contributed by atoms with Crippen molar-refractivity contribution in [3.63, 3.8) is 0 Å². The summed E-state index contributed by atoms with van der Waals surface area (Å²) in [6.45, 7) is 7.50. The SMILES string of the molecule is CCCCOC(C)N1c2ccccc2CC1C. The molecule has 2 nitrogen and oxygen atoms in total. The van der Waals surface area contributed by atoms with Gasteiger partial charge in [-0.3, -0.25) is 0 Å². The average Bonchev–Trinajstić information content (AvgIpc) is 2.65. The minimum absolute atomic E-state index is 0.181. The van der Waals surface area contributed by atoms with Gasteiger partial charge in [-0.1, -0.05) is 31.5 Å². The highest BCUT2D eigenvalue weighted by Crippen LogP contribution is 2.33. The Morgan fingerprint density at radius 2 is 2.18 bits per heavy atom. The number of hydrogen-bond acceptors (Lipinski definition) is 2. The summed E-state index contributed by atoms with van der Waals surface area (Å²) in [6.07, 6.45) is 3.66. The van der Waals surface area contributed by atoms with Crippen molar-refractivity contribution >= 4 is 5.69 Å². The van der Waals surface area contributed by atoms with E-state index in [1.807, 2.05) is 0 Å². The van der Waals surface area contributed by atoms with Crippen molar-refractivity contribution in [2.24, 2.45) is 0 Å². The quantitative estimate of drug-likeness (QED) is 0.720. The zero-order valence-electron chi connectivity index (χ0n) is 11.1. The lowest BCUT2D eigenvalue weighted by atomic mass is 10.1. The van der Waals surface area contributed by atoms with Crippen molar-refractivity contribution in [1.29, 1.82) is 0 Å². The van der Waals surface area contributed by atoms with E-state index in [2.05, 4.69) is 49.9 Å². The van der Waals surface area contributed by atoms with Crippen LogP contribution < -0.4 is 4.90 Å². The first-order valence-corrected chi connectivity index (χ1v) is 6.72. The first-order valence-electron chi connectivity index (χ1n) is 6.72. The normalized spacial score (nSPS) is 20.4. The van der Waals surface area contributed by atoms with Gasteiger partial charge in [0, 0.05) is 18.3 Å². The molecular weight excluding hydrogens is 210 g/mol. The maximum absolute atomic E-state index is 5.92. The van der Waals surface area contributed by atoms with Gasteiger partial charge in [-0.05, 0) is 38.3 Å². The highest BCUT2D eigenvalue weighted by Gasteiger charge is 2.29. The van der Waals surface area contributed by atoms with E-state index in [0.29, 0.717) is 6.04 Å². The lowest BCUT2D eigenvalue weighted by Gasteiger charge is -2.31. The van der Waals surface area contributed by atoms with Crippen LogP contribution in [0.3, 0.4) is 0 Å². The van der Waals surface area contributed by atoms with Gasteiger partial charge in [0.25, 0.3) is 0 Å². The Bertz CT molecular complexity index is 364. The molecule has 0 amide bonds. The number of rotatable bonds is 5. The van der Waals surface area contributed by atoms with E-state index in [1.165, 1.54) is 17.7 Å². The molecule has 1 aliphatic rings. The molecule has 0 saturated heterocycles. The van der Waals surface area contributed by atoms with Gasteiger partial charge in [0.15, 0.2) is 0 Å². The lowest BCUT2D eigenvalue weighted by molar-refractivity contribution is 0.0581. The van der Waals surface area contributed by atoms with Crippen LogP contribution in [0.2, 0.25) is 0 Å². The number of nitrogens with zero attached hydrogens (tertiary/aromatic N) is 1. The third-order valence-corrected chi connectivity index (χ3v) is 3.51. The van der Waals surface area contributed by atoms with Crippen LogP contribution in [0, 0.1) is 0 Å². The van der Waals surface area contributed by atoms with Crippen LogP contribution in [-0.4, -0.2) is 18.9 Å². The van der Waals surface area contributed by atoms with Crippen LogP contribution in [0.25, 0.3) is 0 Å². The molecule has 1 heterocycles. The van der Waals surface area contributed by atoms with Crippen LogP contribution in [0.1, 0.15) is 39.2 Å². The molecular formula is C15H23NO. The Balaban J connectivity index is 2.05. The van der Waals surface area contributed by atoms with E-state index in [4.69, 9.17) is 4.74 Å². The van der Waals surface area contributed by atoms with Crippen molar-refractivity contribution in [3.05, 3.63) is 29.8 Å². The lowest BCUT2D eigenvalue weighted by Crippen LogP contribution is -2.39. The molecule has 0 aliphatic carbocycles. The number of fused-ring (bicyclic) bond motifs is 1. The molecule has 2 heteroatoms. The molecule has 1 aliphatic heterocycles. The van der Waals surface area contributed by atoms with E-state index in [0.717, 1.165) is 19.4 Å². The van der Waals surface area contributed by atoms with Gasteiger partial charge in [0.2, 0.25) is 0 Å². The van der Waals surface area contributed by atoms with Crippen molar-refractivity contribution in [2.45, 2.75) is 52.3 Å². The second-order valence-electron chi connectivity index (χ2n) is 4.91. The second kappa shape index (κ2) is 5.54. The summed E-state index contributed by atoms with van der Waals surface area (Å²) >= 11 is 0.